The molecule has 0 radical (unpaired) electrons. The van der Waals surface area contributed by atoms with Crippen molar-refractivity contribution in [3.05, 3.63) is 34.5 Å². The molecule has 29 heavy (non-hydrogen) atoms. The highest BCUT2D eigenvalue weighted by Gasteiger charge is 2.22. The van der Waals surface area contributed by atoms with Crippen molar-refractivity contribution >= 4 is 11.8 Å². The summed E-state index contributed by atoms with van der Waals surface area (Å²) in [5.41, 5.74) is 4.40. The van der Waals surface area contributed by atoms with E-state index in [1.807, 2.05) is 36.5 Å². The first-order chi connectivity index (χ1) is 13.8. The monoisotopic (exact) mass is 399 g/mol. The molecule has 0 unspecified atom stereocenters. The Morgan fingerprint density at radius 3 is 2.41 bits per heavy atom. The molecule has 0 spiro atoms. The van der Waals surface area contributed by atoms with Gasteiger partial charge < -0.3 is 15.1 Å². The molecular formula is C21H33N7O. The minimum atomic E-state index is 0.00517. The summed E-state index contributed by atoms with van der Waals surface area (Å²) in [7, 11) is 1.95. The minimum Gasteiger partial charge on any atom is -0.353 e. The molecule has 2 aromatic rings. The Kier molecular flexibility index (Phi) is 6.39. The van der Waals surface area contributed by atoms with Crippen molar-refractivity contribution in [1.29, 1.82) is 0 Å². The van der Waals surface area contributed by atoms with Crippen LogP contribution in [0.25, 0.3) is 0 Å². The Morgan fingerprint density at radius 1 is 1.14 bits per heavy atom. The van der Waals surface area contributed by atoms with E-state index >= 15 is 0 Å². The van der Waals surface area contributed by atoms with Gasteiger partial charge in [0, 0.05) is 63.1 Å². The predicted molar refractivity (Wildman–Crippen MR) is 114 cm³/mol. The molecule has 1 N–H and O–H groups in total. The first-order valence-electron chi connectivity index (χ1n) is 10.4. The van der Waals surface area contributed by atoms with Gasteiger partial charge in [0.15, 0.2) is 0 Å². The molecule has 8 nitrogen and oxygen atoms in total. The zero-order valence-electron chi connectivity index (χ0n) is 18.5. The molecule has 8 heteroatoms. The summed E-state index contributed by atoms with van der Waals surface area (Å²) in [6, 6.07) is 2.03. The maximum atomic E-state index is 12.6. The smallest absolute Gasteiger partial charge is 0.317 e. The zero-order chi connectivity index (χ0) is 21.1. The fourth-order valence-electron chi connectivity index (χ4n) is 3.72. The SMILES string of the molecule is Cc1cc(N2CCN(C(=O)NCCc3c(C)nn(C)c3C)CC2)nc(C(C)C)n1. The lowest BCUT2D eigenvalue weighted by molar-refractivity contribution is 0.194. The first kappa shape index (κ1) is 21.1. The Balaban J connectivity index is 1.51. The second kappa shape index (κ2) is 8.80. The van der Waals surface area contributed by atoms with Crippen molar-refractivity contribution in [2.45, 2.75) is 47.0 Å². The number of rotatable bonds is 5. The number of hydrogen-bond acceptors (Lipinski definition) is 5. The summed E-state index contributed by atoms with van der Waals surface area (Å²) in [6.07, 6.45) is 0.801. The van der Waals surface area contributed by atoms with Crippen LogP contribution in [0, 0.1) is 20.8 Å². The van der Waals surface area contributed by atoms with E-state index in [1.54, 1.807) is 0 Å². The van der Waals surface area contributed by atoms with Crippen molar-refractivity contribution in [3.8, 4) is 0 Å². The van der Waals surface area contributed by atoms with Crippen LogP contribution in [-0.4, -0.2) is 63.4 Å². The summed E-state index contributed by atoms with van der Waals surface area (Å²) < 4.78 is 1.89. The molecule has 1 fully saturated rings. The van der Waals surface area contributed by atoms with Crippen LogP contribution in [0.2, 0.25) is 0 Å². The second-order valence-electron chi connectivity index (χ2n) is 8.11. The van der Waals surface area contributed by atoms with E-state index in [-0.39, 0.29) is 6.03 Å². The molecule has 0 aromatic carbocycles. The Bertz CT molecular complexity index is 866. The largest absolute Gasteiger partial charge is 0.353 e. The Hall–Kier alpha value is -2.64. The highest BCUT2D eigenvalue weighted by atomic mass is 16.2. The molecule has 2 aromatic heterocycles. The van der Waals surface area contributed by atoms with Gasteiger partial charge in [0.1, 0.15) is 11.6 Å². The van der Waals surface area contributed by atoms with Crippen molar-refractivity contribution in [1.82, 2.24) is 30.0 Å². The summed E-state index contributed by atoms with van der Waals surface area (Å²) in [5, 5.41) is 7.49. The van der Waals surface area contributed by atoms with Crippen molar-refractivity contribution in [2.24, 2.45) is 7.05 Å². The highest BCUT2D eigenvalue weighted by molar-refractivity contribution is 5.74. The number of nitrogens with one attached hydrogen (secondary N) is 1. The molecule has 3 rings (SSSR count). The van der Waals surface area contributed by atoms with Crippen molar-refractivity contribution in [3.63, 3.8) is 0 Å². The standard InChI is InChI=1S/C21H33N7O/c1-14(2)20-23-15(3)13-19(24-20)27-9-11-28(12-10-27)21(29)22-8-7-18-16(4)25-26(6)17(18)5/h13-14H,7-12H2,1-6H3,(H,22,29). The molecule has 1 aliphatic rings. The number of carbonyl (C=O) groups excluding carboxylic acids is 1. The summed E-state index contributed by atoms with van der Waals surface area (Å²) in [6.45, 7) is 13.9. The second-order valence-corrected chi connectivity index (χ2v) is 8.11. The maximum Gasteiger partial charge on any atom is 0.317 e. The number of urea groups is 1. The van der Waals surface area contributed by atoms with Gasteiger partial charge in [-0.3, -0.25) is 4.68 Å². The van der Waals surface area contributed by atoms with E-state index in [4.69, 9.17) is 4.98 Å². The fraction of sp³-hybridized carbons (Fsp3) is 0.619. The van der Waals surface area contributed by atoms with Crippen LogP contribution in [-0.2, 0) is 13.5 Å². The van der Waals surface area contributed by atoms with Crippen LogP contribution in [0.5, 0.6) is 0 Å². The molecule has 158 valence electrons. The molecule has 0 aliphatic carbocycles. The third kappa shape index (κ3) is 4.86. The molecule has 0 bridgehead atoms. The summed E-state index contributed by atoms with van der Waals surface area (Å²) >= 11 is 0. The number of aromatic nitrogens is 4. The third-order valence-corrected chi connectivity index (χ3v) is 5.58. The van der Waals surface area contributed by atoms with Crippen molar-refractivity contribution < 1.29 is 4.79 Å². The van der Waals surface area contributed by atoms with Gasteiger partial charge in [0.05, 0.1) is 5.69 Å². The fourth-order valence-corrected chi connectivity index (χ4v) is 3.72. The van der Waals surface area contributed by atoms with Crippen LogP contribution in [0.3, 0.4) is 0 Å². The average molecular weight is 400 g/mol. The van der Waals surface area contributed by atoms with E-state index in [1.165, 1.54) is 5.56 Å². The number of aryl methyl sites for hydroxylation is 3. The maximum absolute atomic E-state index is 12.6. The Morgan fingerprint density at radius 2 is 1.83 bits per heavy atom. The van der Waals surface area contributed by atoms with Crippen molar-refractivity contribution in [2.75, 3.05) is 37.6 Å². The molecule has 1 saturated heterocycles. The molecule has 0 atom stereocenters. The normalized spacial score (nSPS) is 14.6. The zero-order valence-corrected chi connectivity index (χ0v) is 18.5. The van der Waals surface area contributed by atoms with Crippen LogP contribution in [0.15, 0.2) is 6.07 Å². The van der Waals surface area contributed by atoms with Gasteiger partial charge in [-0.05, 0) is 32.8 Å². The van der Waals surface area contributed by atoms with Gasteiger partial charge in [-0.1, -0.05) is 13.8 Å². The van der Waals surface area contributed by atoms with Gasteiger partial charge in [-0.15, -0.1) is 0 Å². The quantitative estimate of drug-likeness (QED) is 0.835. The van der Waals surface area contributed by atoms with E-state index in [2.05, 4.69) is 41.1 Å². The van der Waals surface area contributed by atoms with Gasteiger partial charge in [-0.25, -0.2) is 14.8 Å². The average Bonchev–Trinajstić information content (AvgIpc) is 2.93. The number of piperazine rings is 1. The first-order valence-corrected chi connectivity index (χ1v) is 10.4. The molecule has 1 aliphatic heterocycles. The summed E-state index contributed by atoms with van der Waals surface area (Å²) in [5.74, 6) is 2.14. The van der Waals surface area contributed by atoms with Gasteiger partial charge >= 0.3 is 6.03 Å². The highest BCUT2D eigenvalue weighted by Crippen LogP contribution is 2.19. The lowest BCUT2D eigenvalue weighted by Gasteiger charge is -2.35. The van der Waals surface area contributed by atoms with E-state index in [9.17, 15) is 4.79 Å². The number of carbonyl (C=O) groups is 1. The third-order valence-electron chi connectivity index (χ3n) is 5.58. The van der Waals surface area contributed by atoms with Gasteiger partial charge in [0.2, 0.25) is 0 Å². The molecule has 0 saturated carbocycles. The van der Waals surface area contributed by atoms with E-state index in [0.717, 1.165) is 48.2 Å². The number of anilines is 1. The van der Waals surface area contributed by atoms with Crippen LogP contribution >= 0.6 is 0 Å². The predicted octanol–water partition coefficient (Wildman–Crippen LogP) is 2.33. The van der Waals surface area contributed by atoms with Crippen LogP contribution < -0.4 is 10.2 Å². The Labute approximate surface area is 173 Å². The van der Waals surface area contributed by atoms with Crippen LogP contribution in [0.4, 0.5) is 10.6 Å². The lowest BCUT2D eigenvalue weighted by atomic mass is 10.1. The van der Waals surface area contributed by atoms with E-state index in [0.29, 0.717) is 25.6 Å². The van der Waals surface area contributed by atoms with Gasteiger partial charge in [-0.2, -0.15) is 5.10 Å². The lowest BCUT2D eigenvalue weighted by Crippen LogP contribution is -2.52. The molecule has 3 heterocycles. The van der Waals surface area contributed by atoms with Crippen LogP contribution in [0.1, 0.15) is 48.2 Å². The molecule has 2 amide bonds. The van der Waals surface area contributed by atoms with E-state index < -0.39 is 0 Å². The molecular weight excluding hydrogens is 366 g/mol. The summed E-state index contributed by atoms with van der Waals surface area (Å²) in [4.78, 5) is 25.9. The number of nitrogens with zero attached hydrogens (tertiary/aromatic N) is 6. The minimum absolute atomic E-state index is 0.00517. The van der Waals surface area contributed by atoms with Gasteiger partial charge in [0.25, 0.3) is 0 Å². The topological polar surface area (TPSA) is 79.2 Å². The number of hydrogen-bond donors (Lipinski definition) is 1. The number of amides is 2.